The Labute approximate surface area is 159 Å². The maximum Gasteiger partial charge on any atom is 0.220 e. The minimum atomic E-state index is 0. The third kappa shape index (κ3) is 4.75. The number of nitrogens with zero attached hydrogens (tertiary/aromatic N) is 2. The minimum absolute atomic E-state index is 0. The molecule has 3 rings (SSSR count). The molecule has 7 nitrogen and oxygen atoms in total. The number of hydrogen-bond donors (Lipinski definition) is 3. The van der Waals surface area contributed by atoms with Gasteiger partial charge in [-0.25, -0.2) is 9.97 Å². The Kier molecular flexibility index (Phi) is 7.44. The largest absolute Gasteiger partial charge is 0.507 e. The molecule has 8 heteroatoms. The van der Waals surface area contributed by atoms with E-state index < -0.39 is 0 Å². The number of anilines is 1. The molecule has 0 amide bonds. The predicted octanol–water partition coefficient (Wildman–Crippen LogP) is 2.35. The predicted molar refractivity (Wildman–Crippen MR) is 103 cm³/mol. The van der Waals surface area contributed by atoms with Gasteiger partial charge in [-0.2, -0.15) is 0 Å². The van der Waals surface area contributed by atoms with Crippen LogP contribution in [0.1, 0.15) is 24.5 Å². The average molecular weight is 381 g/mol. The van der Waals surface area contributed by atoms with E-state index in [9.17, 15) is 5.11 Å². The molecule has 1 aromatic heterocycles. The van der Waals surface area contributed by atoms with Crippen LogP contribution in [0.2, 0.25) is 0 Å². The zero-order valence-corrected chi connectivity index (χ0v) is 15.6. The molecule has 1 saturated heterocycles. The highest BCUT2D eigenvalue weighted by Gasteiger charge is 2.20. The number of aromatic nitrogens is 2. The number of nitrogens with two attached hydrogens (primary N) is 1. The quantitative estimate of drug-likeness (QED) is 0.661. The van der Waals surface area contributed by atoms with Gasteiger partial charge in [0.25, 0.3) is 0 Å². The Morgan fingerprint density at radius 3 is 2.88 bits per heavy atom. The molecule has 1 aliphatic heterocycles. The number of benzene rings is 1. The number of halogens is 1. The lowest BCUT2D eigenvalue weighted by molar-refractivity contribution is 0.146. The molecule has 0 bridgehead atoms. The molecule has 26 heavy (non-hydrogen) atoms. The van der Waals surface area contributed by atoms with Crippen LogP contribution < -0.4 is 15.8 Å². The van der Waals surface area contributed by atoms with Crippen molar-refractivity contribution >= 4 is 18.4 Å². The first-order valence-corrected chi connectivity index (χ1v) is 8.48. The van der Waals surface area contributed by atoms with Gasteiger partial charge in [-0.1, -0.05) is 6.07 Å². The number of nitrogens with one attached hydrogen (secondary N) is 1. The number of phenolic OH excluding ortho intramolecular Hbond substituents is 1. The van der Waals surface area contributed by atoms with Crippen molar-refractivity contribution in [3.8, 4) is 22.8 Å². The third-order valence-corrected chi connectivity index (χ3v) is 4.28. The molecule has 1 aromatic carbocycles. The molecule has 1 atom stereocenters. The first-order chi connectivity index (χ1) is 12.2. The number of aromatic hydroxyl groups is 1. The van der Waals surface area contributed by atoms with Gasteiger partial charge in [-0.15, -0.1) is 12.4 Å². The fraction of sp³-hybridized carbons (Fsp3) is 0.444. The van der Waals surface area contributed by atoms with Crippen LogP contribution in [0.3, 0.4) is 0 Å². The fourth-order valence-corrected chi connectivity index (χ4v) is 3.06. The number of ether oxygens (including phenoxy) is 2. The summed E-state index contributed by atoms with van der Waals surface area (Å²) in [5, 5.41) is 13.7. The molecule has 1 unspecified atom stereocenters. The number of hydrogen-bond acceptors (Lipinski definition) is 7. The van der Waals surface area contributed by atoms with Gasteiger partial charge in [0, 0.05) is 19.6 Å². The molecular weight excluding hydrogens is 356 g/mol. The standard InChI is InChI=1S/C18H24N4O3.ClH/c1-24-8-9-25-16-6-2-5-15(23)17(16)14-10-13(21-18(19)22-14)12-4-3-7-20-11-12;/h2,5-6,10,12,20,23H,3-4,7-9,11H2,1H3,(H2,19,21,22);1H. The zero-order chi connectivity index (χ0) is 17.6. The molecule has 4 N–H and O–H groups in total. The van der Waals surface area contributed by atoms with Crippen molar-refractivity contribution in [2.75, 3.05) is 39.1 Å². The topological polar surface area (TPSA) is 103 Å². The number of rotatable bonds is 6. The summed E-state index contributed by atoms with van der Waals surface area (Å²) in [4.78, 5) is 8.73. The van der Waals surface area contributed by atoms with Crippen LogP contribution in [0, 0.1) is 0 Å². The molecule has 0 saturated carbocycles. The highest BCUT2D eigenvalue weighted by atomic mass is 35.5. The summed E-state index contributed by atoms with van der Waals surface area (Å²) in [6.07, 6.45) is 2.16. The summed E-state index contributed by atoms with van der Waals surface area (Å²) in [5.41, 5.74) is 7.92. The maximum absolute atomic E-state index is 10.4. The summed E-state index contributed by atoms with van der Waals surface area (Å²) in [5.74, 6) is 1.13. The van der Waals surface area contributed by atoms with Crippen LogP contribution in [0.4, 0.5) is 5.95 Å². The van der Waals surface area contributed by atoms with Gasteiger partial charge in [0.05, 0.1) is 23.6 Å². The number of phenols is 1. The summed E-state index contributed by atoms with van der Waals surface area (Å²) in [7, 11) is 1.61. The number of nitrogen functional groups attached to an aromatic ring is 1. The minimum Gasteiger partial charge on any atom is -0.507 e. The first-order valence-electron chi connectivity index (χ1n) is 8.48. The summed E-state index contributed by atoms with van der Waals surface area (Å²) in [6.45, 7) is 2.74. The average Bonchev–Trinajstić information content (AvgIpc) is 2.62. The second kappa shape index (κ2) is 9.56. The lowest BCUT2D eigenvalue weighted by atomic mass is 9.95. The van der Waals surface area contributed by atoms with Crippen molar-refractivity contribution in [1.82, 2.24) is 15.3 Å². The molecule has 2 aromatic rings. The first kappa shape index (κ1) is 20.2. The fourth-order valence-electron chi connectivity index (χ4n) is 3.06. The highest BCUT2D eigenvalue weighted by molar-refractivity contribution is 5.85. The number of methoxy groups -OCH3 is 1. The molecule has 0 radical (unpaired) electrons. The smallest absolute Gasteiger partial charge is 0.220 e. The van der Waals surface area contributed by atoms with Crippen LogP contribution in [0.5, 0.6) is 11.5 Å². The van der Waals surface area contributed by atoms with Crippen molar-refractivity contribution in [1.29, 1.82) is 0 Å². The molecular formula is C18H25ClN4O3. The highest BCUT2D eigenvalue weighted by Crippen LogP contribution is 2.38. The van der Waals surface area contributed by atoms with Crippen LogP contribution in [-0.2, 0) is 4.74 Å². The van der Waals surface area contributed by atoms with Gasteiger partial charge in [0.1, 0.15) is 18.1 Å². The Balaban J connectivity index is 0.00000243. The van der Waals surface area contributed by atoms with Crippen LogP contribution in [0.25, 0.3) is 11.3 Å². The monoisotopic (exact) mass is 380 g/mol. The van der Waals surface area contributed by atoms with Crippen LogP contribution in [-0.4, -0.2) is 48.5 Å². The summed E-state index contributed by atoms with van der Waals surface area (Å²) >= 11 is 0. The molecule has 1 aliphatic rings. The van der Waals surface area contributed by atoms with E-state index in [2.05, 4.69) is 15.3 Å². The lowest BCUT2D eigenvalue weighted by Gasteiger charge is -2.23. The van der Waals surface area contributed by atoms with Gasteiger partial charge >= 0.3 is 0 Å². The second-order valence-corrected chi connectivity index (χ2v) is 6.07. The van der Waals surface area contributed by atoms with Gasteiger partial charge in [-0.3, -0.25) is 0 Å². The van der Waals surface area contributed by atoms with E-state index in [1.54, 1.807) is 25.3 Å². The van der Waals surface area contributed by atoms with Gasteiger partial charge < -0.3 is 25.6 Å². The molecule has 0 aliphatic carbocycles. The normalized spacial score (nSPS) is 16.7. The number of piperidine rings is 1. The van der Waals surface area contributed by atoms with E-state index >= 15 is 0 Å². The van der Waals surface area contributed by atoms with Gasteiger partial charge in [0.2, 0.25) is 5.95 Å². The zero-order valence-electron chi connectivity index (χ0n) is 14.8. The molecule has 0 spiro atoms. The van der Waals surface area contributed by atoms with Crippen molar-refractivity contribution in [2.24, 2.45) is 0 Å². The molecule has 1 fully saturated rings. The lowest BCUT2D eigenvalue weighted by Crippen LogP contribution is -2.29. The van der Waals surface area contributed by atoms with Crippen molar-refractivity contribution in [2.45, 2.75) is 18.8 Å². The molecule has 142 valence electrons. The Morgan fingerprint density at radius 2 is 2.15 bits per heavy atom. The SMILES string of the molecule is COCCOc1cccc(O)c1-c1cc(C2CCCNC2)nc(N)n1.Cl. The van der Waals surface area contributed by atoms with Crippen LogP contribution in [0.15, 0.2) is 24.3 Å². The van der Waals surface area contributed by atoms with Crippen molar-refractivity contribution < 1.29 is 14.6 Å². The second-order valence-electron chi connectivity index (χ2n) is 6.07. The van der Waals surface area contributed by atoms with E-state index in [0.29, 0.717) is 36.1 Å². The Morgan fingerprint density at radius 1 is 1.31 bits per heavy atom. The van der Waals surface area contributed by atoms with Gasteiger partial charge in [0.15, 0.2) is 0 Å². The van der Waals surface area contributed by atoms with E-state index in [1.807, 2.05) is 6.07 Å². The van der Waals surface area contributed by atoms with E-state index in [0.717, 1.165) is 31.6 Å². The molecule has 2 heterocycles. The van der Waals surface area contributed by atoms with Gasteiger partial charge in [-0.05, 0) is 37.6 Å². The summed E-state index contributed by atoms with van der Waals surface area (Å²) in [6, 6.07) is 7.03. The van der Waals surface area contributed by atoms with E-state index in [1.165, 1.54) is 0 Å². The van der Waals surface area contributed by atoms with Crippen molar-refractivity contribution in [3.05, 3.63) is 30.0 Å². The van der Waals surface area contributed by atoms with E-state index in [-0.39, 0.29) is 24.1 Å². The van der Waals surface area contributed by atoms with E-state index in [4.69, 9.17) is 15.2 Å². The third-order valence-electron chi connectivity index (χ3n) is 4.28. The Hall–Kier alpha value is -2.09. The Bertz CT molecular complexity index is 724. The van der Waals surface area contributed by atoms with Crippen LogP contribution >= 0.6 is 12.4 Å². The van der Waals surface area contributed by atoms with Crippen molar-refractivity contribution in [3.63, 3.8) is 0 Å². The maximum atomic E-state index is 10.4. The summed E-state index contributed by atoms with van der Waals surface area (Å²) < 4.78 is 10.8.